The summed E-state index contributed by atoms with van der Waals surface area (Å²) in [5.41, 5.74) is 2.17. The molecule has 1 N–H and O–H groups in total. The van der Waals surface area contributed by atoms with Crippen LogP contribution in [0.15, 0.2) is 24.3 Å². The fraction of sp³-hybridized carbons (Fsp3) is 0.462. The van der Waals surface area contributed by atoms with Crippen LogP contribution in [0.4, 0.5) is 5.69 Å². The number of nitrogens with one attached hydrogen (secondary N) is 1. The van der Waals surface area contributed by atoms with E-state index in [9.17, 15) is 0 Å². The van der Waals surface area contributed by atoms with Gasteiger partial charge in [0.15, 0.2) is 0 Å². The molecule has 0 radical (unpaired) electrons. The van der Waals surface area contributed by atoms with E-state index in [4.69, 9.17) is 10.00 Å². The molecule has 0 aliphatic rings. The highest BCUT2D eigenvalue weighted by molar-refractivity contribution is 5.44. The normalized spacial score (nSPS) is 9.75. The third-order valence-electron chi connectivity index (χ3n) is 2.34. The van der Waals surface area contributed by atoms with Crippen LogP contribution in [0.25, 0.3) is 0 Å². The molecule has 0 spiro atoms. The maximum absolute atomic E-state index is 8.54. The van der Waals surface area contributed by atoms with Gasteiger partial charge in [-0.05, 0) is 30.5 Å². The first-order valence-electron chi connectivity index (χ1n) is 5.55. The Morgan fingerprint density at radius 1 is 1.25 bits per heavy atom. The molecule has 86 valence electrons. The number of hydrogen-bond acceptors (Lipinski definition) is 3. The highest BCUT2D eigenvalue weighted by Gasteiger charge is 1.93. The van der Waals surface area contributed by atoms with Gasteiger partial charge in [0.05, 0.1) is 12.5 Å². The molecule has 0 saturated heterocycles. The molecule has 0 aliphatic heterocycles. The van der Waals surface area contributed by atoms with Gasteiger partial charge in [0.2, 0.25) is 0 Å². The molecule has 0 atom stereocenters. The zero-order valence-electron chi connectivity index (χ0n) is 9.70. The number of ether oxygens (including phenoxy) is 1. The second-order valence-corrected chi connectivity index (χ2v) is 3.66. The molecule has 16 heavy (non-hydrogen) atoms. The fourth-order valence-electron chi connectivity index (χ4n) is 1.44. The van der Waals surface area contributed by atoms with Gasteiger partial charge >= 0.3 is 0 Å². The van der Waals surface area contributed by atoms with Crippen LogP contribution in [0, 0.1) is 11.3 Å². The van der Waals surface area contributed by atoms with Crippen molar-refractivity contribution < 1.29 is 4.74 Å². The Kier molecular flexibility index (Phi) is 6.05. The summed E-state index contributed by atoms with van der Waals surface area (Å²) in [5.74, 6) is 0. The van der Waals surface area contributed by atoms with Crippen molar-refractivity contribution in [2.24, 2.45) is 0 Å². The number of nitrogens with zero attached hydrogens (tertiary/aromatic N) is 1. The lowest BCUT2D eigenvalue weighted by Gasteiger charge is -2.06. The third-order valence-corrected chi connectivity index (χ3v) is 2.34. The summed E-state index contributed by atoms with van der Waals surface area (Å²) in [7, 11) is 1.72. The van der Waals surface area contributed by atoms with Gasteiger partial charge in [-0.2, -0.15) is 5.26 Å². The predicted molar refractivity (Wildman–Crippen MR) is 65.4 cm³/mol. The summed E-state index contributed by atoms with van der Waals surface area (Å²) < 4.78 is 4.98. The topological polar surface area (TPSA) is 45.0 Å². The van der Waals surface area contributed by atoms with Crippen LogP contribution < -0.4 is 5.32 Å². The maximum Gasteiger partial charge on any atom is 0.0669 e. The highest BCUT2D eigenvalue weighted by atomic mass is 16.5. The van der Waals surface area contributed by atoms with Crippen LogP contribution in [0.3, 0.4) is 0 Å². The second-order valence-electron chi connectivity index (χ2n) is 3.66. The predicted octanol–water partition coefficient (Wildman–Crippen LogP) is 2.59. The lowest BCUT2D eigenvalue weighted by Crippen LogP contribution is -2.02. The number of rotatable bonds is 7. The van der Waals surface area contributed by atoms with Gasteiger partial charge in [-0.1, -0.05) is 12.1 Å². The summed E-state index contributed by atoms with van der Waals surface area (Å²) in [6, 6.07) is 10.1. The molecule has 0 fully saturated rings. The molecule has 1 aromatic rings. The van der Waals surface area contributed by atoms with Gasteiger partial charge in [0.1, 0.15) is 0 Å². The number of hydrogen-bond donors (Lipinski definition) is 1. The van der Waals surface area contributed by atoms with E-state index in [1.54, 1.807) is 7.11 Å². The SMILES string of the molecule is COCCCCNc1ccc(CC#N)cc1. The molecule has 0 saturated carbocycles. The van der Waals surface area contributed by atoms with Crippen LogP contribution in [0.5, 0.6) is 0 Å². The van der Waals surface area contributed by atoms with E-state index in [2.05, 4.69) is 11.4 Å². The average molecular weight is 218 g/mol. The minimum Gasteiger partial charge on any atom is -0.385 e. The Morgan fingerprint density at radius 3 is 2.62 bits per heavy atom. The van der Waals surface area contributed by atoms with Crippen LogP contribution in [0.2, 0.25) is 0 Å². The summed E-state index contributed by atoms with van der Waals surface area (Å²) in [4.78, 5) is 0. The van der Waals surface area contributed by atoms with E-state index in [1.807, 2.05) is 24.3 Å². The number of benzene rings is 1. The van der Waals surface area contributed by atoms with Gasteiger partial charge in [-0.15, -0.1) is 0 Å². The second kappa shape index (κ2) is 7.72. The first-order chi connectivity index (χ1) is 7.86. The number of nitriles is 1. The van der Waals surface area contributed by atoms with Gasteiger partial charge < -0.3 is 10.1 Å². The Labute approximate surface area is 97.0 Å². The molecule has 0 aromatic heterocycles. The summed E-state index contributed by atoms with van der Waals surface area (Å²) in [6.07, 6.45) is 2.66. The monoisotopic (exact) mass is 218 g/mol. The minimum atomic E-state index is 0.480. The van der Waals surface area contributed by atoms with Crippen molar-refractivity contribution in [1.82, 2.24) is 0 Å². The highest BCUT2D eigenvalue weighted by Crippen LogP contribution is 2.09. The van der Waals surface area contributed by atoms with E-state index < -0.39 is 0 Å². The molecule has 1 aromatic carbocycles. The Morgan fingerprint density at radius 2 is 2.00 bits per heavy atom. The standard InChI is InChI=1S/C13H18N2O/c1-16-11-3-2-10-15-13-6-4-12(5-7-13)8-9-14/h4-7,15H,2-3,8,10-11H2,1H3. The smallest absolute Gasteiger partial charge is 0.0669 e. The van der Waals surface area contributed by atoms with Crippen molar-refractivity contribution in [2.45, 2.75) is 19.3 Å². The minimum absolute atomic E-state index is 0.480. The molecular formula is C13H18N2O. The van der Waals surface area contributed by atoms with Crippen LogP contribution in [0.1, 0.15) is 18.4 Å². The largest absolute Gasteiger partial charge is 0.385 e. The van der Waals surface area contributed by atoms with E-state index in [0.717, 1.165) is 37.2 Å². The van der Waals surface area contributed by atoms with Crippen molar-refractivity contribution >= 4 is 5.69 Å². The molecule has 0 aliphatic carbocycles. The Bertz CT molecular complexity index is 327. The lowest BCUT2D eigenvalue weighted by atomic mass is 10.1. The maximum atomic E-state index is 8.54. The zero-order chi connectivity index (χ0) is 11.6. The van der Waals surface area contributed by atoms with Crippen LogP contribution in [-0.2, 0) is 11.2 Å². The molecular weight excluding hydrogens is 200 g/mol. The summed E-state index contributed by atoms with van der Waals surface area (Å²) >= 11 is 0. The van der Waals surface area contributed by atoms with Crippen molar-refractivity contribution in [3.05, 3.63) is 29.8 Å². The Hall–Kier alpha value is -1.53. The average Bonchev–Trinajstić information content (AvgIpc) is 2.31. The van der Waals surface area contributed by atoms with E-state index in [0.29, 0.717) is 6.42 Å². The van der Waals surface area contributed by atoms with Gasteiger partial charge in [-0.3, -0.25) is 0 Å². The van der Waals surface area contributed by atoms with Gasteiger partial charge in [0.25, 0.3) is 0 Å². The van der Waals surface area contributed by atoms with Crippen LogP contribution in [-0.4, -0.2) is 20.3 Å². The summed E-state index contributed by atoms with van der Waals surface area (Å²) in [5, 5.41) is 11.9. The first-order valence-corrected chi connectivity index (χ1v) is 5.55. The first kappa shape index (κ1) is 12.5. The molecule has 3 nitrogen and oxygen atoms in total. The molecule has 0 bridgehead atoms. The van der Waals surface area contributed by atoms with Gasteiger partial charge in [-0.25, -0.2) is 0 Å². The molecule has 3 heteroatoms. The molecule has 0 unspecified atom stereocenters. The summed E-state index contributed by atoms with van der Waals surface area (Å²) in [6.45, 7) is 1.78. The fourth-order valence-corrected chi connectivity index (χ4v) is 1.44. The van der Waals surface area contributed by atoms with Crippen molar-refractivity contribution in [3.8, 4) is 6.07 Å². The third kappa shape index (κ3) is 4.81. The van der Waals surface area contributed by atoms with Gasteiger partial charge in [0, 0.05) is 25.9 Å². The van der Waals surface area contributed by atoms with E-state index >= 15 is 0 Å². The quantitative estimate of drug-likeness (QED) is 0.715. The molecule has 0 heterocycles. The van der Waals surface area contributed by atoms with Crippen molar-refractivity contribution in [3.63, 3.8) is 0 Å². The number of unbranched alkanes of at least 4 members (excludes halogenated alkanes) is 1. The number of anilines is 1. The number of methoxy groups -OCH3 is 1. The van der Waals surface area contributed by atoms with E-state index in [-0.39, 0.29) is 0 Å². The van der Waals surface area contributed by atoms with E-state index in [1.165, 1.54) is 0 Å². The Balaban J connectivity index is 2.24. The lowest BCUT2D eigenvalue weighted by molar-refractivity contribution is 0.194. The molecule has 0 amide bonds. The van der Waals surface area contributed by atoms with Crippen molar-refractivity contribution in [2.75, 3.05) is 25.6 Å². The zero-order valence-corrected chi connectivity index (χ0v) is 9.70. The van der Waals surface area contributed by atoms with Crippen molar-refractivity contribution in [1.29, 1.82) is 5.26 Å². The van der Waals surface area contributed by atoms with Crippen LogP contribution >= 0.6 is 0 Å². The molecule has 1 rings (SSSR count).